The Balaban J connectivity index is 1.46. The second kappa shape index (κ2) is 9.51. The van der Waals surface area contributed by atoms with Gasteiger partial charge in [-0.15, -0.1) is 11.3 Å². The minimum Gasteiger partial charge on any atom is -0.423 e. The summed E-state index contributed by atoms with van der Waals surface area (Å²) in [7, 11) is 1.56. The lowest BCUT2D eigenvalue weighted by molar-refractivity contribution is 0.0733. The summed E-state index contributed by atoms with van der Waals surface area (Å²) in [5.41, 5.74) is 3.05. The smallest absolute Gasteiger partial charge is 0.345 e. The summed E-state index contributed by atoms with van der Waals surface area (Å²) in [5.74, 6) is -0.109. The molecule has 0 aliphatic rings. The van der Waals surface area contributed by atoms with Crippen molar-refractivity contribution in [1.82, 2.24) is 9.55 Å². The maximum absolute atomic E-state index is 12.5. The van der Waals surface area contributed by atoms with Crippen molar-refractivity contribution < 1.29 is 14.3 Å². The number of carbonyl (C=O) groups excluding carboxylic acids is 1. The molecule has 4 rings (SSSR count). The van der Waals surface area contributed by atoms with Gasteiger partial charge in [-0.1, -0.05) is 30.3 Å². The molecule has 0 unspecified atom stereocenters. The van der Waals surface area contributed by atoms with Gasteiger partial charge in [-0.2, -0.15) is 0 Å². The van der Waals surface area contributed by atoms with Crippen LogP contribution >= 0.6 is 11.3 Å². The molecular formula is C24H20N2O4S. The highest BCUT2D eigenvalue weighted by Gasteiger charge is 2.12. The number of hydrogen-bond donors (Lipinski definition) is 0. The largest absolute Gasteiger partial charge is 0.423 e. The zero-order valence-corrected chi connectivity index (χ0v) is 17.7. The van der Waals surface area contributed by atoms with Crippen LogP contribution in [-0.4, -0.2) is 29.2 Å². The second-order valence-electron chi connectivity index (χ2n) is 6.76. The standard InChI is InChI=1S/C24H20N2O4S/c1-29-14-13-26-15-19(9-12-22(26)27)24(28)30-20-10-7-18(8-11-20)23-25-21(16-31-23)17-5-3-2-4-6-17/h2-12,15-16H,13-14H2,1H3. The molecule has 0 aliphatic heterocycles. The van der Waals surface area contributed by atoms with E-state index in [2.05, 4.69) is 0 Å². The minimum absolute atomic E-state index is 0.198. The number of nitrogens with zero attached hydrogens (tertiary/aromatic N) is 2. The number of pyridine rings is 1. The number of carbonyl (C=O) groups is 1. The lowest BCUT2D eigenvalue weighted by Crippen LogP contribution is -2.23. The van der Waals surface area contributed by atoms with E-state index in [0.29, 0.717) is 24.5 Å². The number of aromatic nitrogens is 2. The molecule has 0 saturated heterocycles. The third-order valence-electron chi connectivity index (χ3n) is 4.64. The summed E-state index contributed by atoms with van der Waals surface area (Å²) in [6.07, 6.45) is 1.48. The maximum atomic E-state index is 12.5. The number of hydrogen-bond acceptors (Lipinski definition) is 6. The molecule has 2 aromatic carbocycles. The molecule has 31 heavy (non-hydrogen) atoms. The number of esters is 1. The number of rotatable bonds is 7. The second-order valence-corrected chi connectivity index (χ2v) is 7.62. The highest BCUT2D eigenvalue weighted by Crippen LogP contribution is 2.29. The Morgan fingerprint density at radius 1 is 1.00 bits per heavy atom. The molecule has 0 aliphatic carbocycles. The molecular weight excluding hydrogens is 412 g/mol. The first-order valence-corrected chi connectivity index (χ1v) is 10.5. The Bertz CT molecular complexity index is 1230. The molecule has 0 spiro atoms. The number of benzene rings is 2. The van der Waals surface area contributed by atoms with Gasteiger partial charge in [-0.25, -0.2) is 9.78 Å². The van der Waals surface area contributed by atoms with Crippen LogP contribution in [0.4, 0.5) is 0 Å². The Kier molecular flexibility index (Phi) is 6.35. The van der Waals surface area contributed by atoms with Crippen LogP contribution in [0, 0.1) is 0 Å². The monoisotopic (exact) mass is 432 g/mol. The molecule has 0 bridgehead atoms. The fourth-order valence-electron chi connectivity index (χ4n) is 3.00. The van der Waals surface area contributed by atoms with E-state index in [-0.39, 0.29) is 5.56 Å². The van der Waals surface area contributed by atoms with Gasteiger partial charge in [-0.3, -0.25) is 4.79 Å². The normalized spacial score (nSPS) is 10.7. The third-order valence-corrected chi connectivity index (χ3v) is 5.53. The van der Waals surface area contributed by atoms with Crippen molar-refractivity contribution in [2.75, 3.05) is 13.7 Å². The zero-order valence-electron chi connectivity index (χ0n) is 16.9. The van der Waals surface area contributed by atoms with Crippen molar-refractivity contribution in [1.29, 1.82) is 0 Å². The molecule has 0 saturated carbocycles. The van der Waals surface area contributed by atoms with Gasteiger partial charge < -0.3 is 14.0 Å². The number of methoxy groups -OCH3 is 1. The first kappa shape index (κ1) is 20.7. The van der Waals surface area contributed by atoms with Crippen LogP contribution in [0.2, 0.25) is 0 Å². The molecule has 6 nitrogen and oxygen atoms in total. The summed E-state index contributed by atoms with van der Waals surface area (Å²) in [6.45, 7) is 0.743. The van der Waals surface area contributed by atoms with Gasteiger partial charge in [-0.05, 0) is 30.3 Å². The van der Waals surface area contributed by atoms with Crippen molar-refractivity contribution in [3.63, 3.8) is 0 Å². The maximum Gasteiger partial charge on any atom is 0.345 e. The van der Waals surface area contributed by atoms with Crippen LogP contribution in [0.25, 0.3) is 21.8 Å². The quantitative estimate of drug-likeness (QED) is 0.318. The average Bonchev–Trinajstić information content (AvgIpc) is 3.30. The van der Waals surface area contributed by atoms with Crippen LogP contribution in [0.5, 0.6) is 5.75 Å². The highest BCUT2D eigenvalue weighted by atomic mass is 32.1. The van der Waals surface area contributed by atoms with E-state index in [1.165, 1.54) is 22.9 Å². The predicted molar refractivity (Wildman–Crippen MR) is 121 cm³/mol. The van der Waals surface area contributed by atoms with Crippen LogP contribution in [-0.2, 0) is 11.3 Å². The van der Waals surface area contributed by atoms with E-state index >= 15 is 0 Å². The van der Waals surface area contributed by atoms with Crippen LogP contribution in [0.1, 0.15) is 10.4 Å². The van der Waals surface area contributed by atoms with Crippen molar-refractivity contribution in [2.24, 2.45) is 0 Å². The molecule has 0 fully saturated rings. The molecule has 0 radical (unpaired) electrons. The Morgan fingerprint density at radius 3 is 2.52 bits per heavy atom. The Morgan fingerprint density at radius 2 is 1.77 bits per heavy atom. The lowest BCUT2D eigenvalue weighted by Gasteiger charge is -2.08. The summed E-state index contributed by atoms with van der Waals surface area (Å²) >= 11 is 1.56. The van der Waals surface area contributed by atoms with Gasteiger partial charge in [0, 0.05) is 42.4 Å². The van der Waals surface area contributed by atoms with Crippen LogP contribution in [0.3, 0.4) is 0 Å². The number of ether oxygens (including phenoxy) is 2. The van der Waals surface area contributed by atoms with Gasteiger partial charge in [0.15, 0.2) is 0 Å². The molecule has 2 aromatic heterocycles. The molecule has 0 amide bonds. The molecule has 0 N–H and O–H groups in total. The first-order valence-electron chi connectivity index (χ1n) is 9.67. The minimum atomic E-state index is -0.528. The van der Waals surface area contributed by atoms with Crippen molar-refractivity contribution >= 4 is 17.3 Å². The van der Waals surface area contributed by atoms with Crippen molar-refractivity contribution in [3.05, 3.63) is 94.2 Å². The summed E-state index contributed by atoms with van der Waals surface area (Å²) in [4.78, 5) is 29.1. The molecule has 156 valence electrons. The number of thiazole rings is 1. The Labute approximate surface area is 183 Å². The summed E-state index contributed by atoms with van der Waals surface area (Å²) < 4.78 is 11.9. The lowest BCUT2D eigenvalue weighted by atomic mass is 10.2. The fraction of sp³-hybridized carbons (Fsp3) is 0.125. The Hall–Kier alpha value is -3.55. The van der Waals surface area contributed by atoms with E-state index in [4.69, 9.17) is 14.5 Å². The molecule has 4 aromatic rings. The van der Waals surface area contributed by atoms with Gasteiger partial charge in [0.2, 0.25) is 0 Å². The van der Waals surface area contributed by atoms with Crippen LogP contribution < -0.4 is 10.3 Å². The fourth-order valence-corrected chi connectivity index (χ4v) is 3.83. The van der Waals surface area contributed by atoms with Gasteiger partial charge in [0.05, 0.1) is 17.9 Å². The molecule has 7 heteroatoms. The third kappa shape index (κ3) is 4.96. The van der Waals surface area contributed by atoms with Crippen molar-refractivity contribution in [3.8, 4) is 27.6 Å². The highest BCUT2D eigenvalue weighted by molar-refractivity contribution is 7.13. The van der Waals surface area contributed by atoms with E-state index in [9.17, 15) is 9.59 Å². The molecule has 0 atom stereocenters. The van der Waals surface area contributed by atoms with E-state index < -0.39 is 5.97 Å². The van der Waals surface area contributed by atoms with Gasteiger partial charge >= 0.3 is 5.97 Å². The SMILES string of the molecule is COCCn1cc(C(=O)Oc2ccc(-c3nc(-c4ccccc4)cs3)cc2)ccc1=O. The predicted octanol–water partition coefficient (Wildman–Crippen LogP) is 4.50. The average molecular weight is 433 g/mol. The van der Waals surface area contributed by atoms with Crippen molar-refractivity contribution in [2.45, 2.75) is 6.54 Å². The molecule has 2 heterocycles. The summed E-state index contributed by atoms with van der Waals surface area (Å²) in [6, 6.07) is 20.0. The summed E-state index contributed by atoms with van der Waals surface area (Å²) in [5, 5.41) is 2.92. The topological polar surface area (TPSA) is 70.4 Å². The zero-order chi connectivity index (χ0) is 21.6. The van der Waals surface area contributed by atoms with E-state index in [0.717, 1.165) is 21.8 Å². The van der Waals surface area contributed by atoms with E-state index in [1.807, 2.05) is 47.8 Å². The van der Waals surface area contributed by atoms with E-state index in [1.54, 1.807) is 30.6 Å². The van der Waals surface area contributed by atoms with Crippen LogP contribution in [0.15, 0.2) is 83.1 Å². The first-order chi connectivity index (χ1) is 15.1. The van der Waals surface area contributed by atoms with Gasteiger partial charge in [0.1, 0.15) is 10.8 Å². The van der Waals surface area contributed by atoms with Gasteiger partial charge in [0.25, 0.3) is 5.56 Å².